The number of carboxylic acids is 1. The van der Waals surface area contributed by atoms with E-state index in [4.69, 9.17) is 9.84 Å². The Bertz CT molecular complexity index is 1220. The molecule has 1 aromatic heterocycles. The fraction of sp³-hybridized carbons (Fsp3) is 0.160. The molecule has 0 saturated heterocycles. The van der Waals surface area contributed by atoms with Crippen LogP contribution < -0.4 is 16.2 Å². The van der Waals surface area contributed by atoms with Gasteiger partial charge in [0.2, 0.25) is 0 Å². The smallest absolute Gasteiger partial charge is 0.426 e. The van der Waals surface area contributed by atoms with E-state index < -0.39 is 29.9 Å². The summed E-state index contributed by atoms with van der Waals surface area (Å²) in [6.07, 6.45) is 0.511. The number of ether oxygens (including phenoxy) is 1. The van der Waals surface area contributed by atoms with E-state index in [1.54, 1.807) is 18.2 Å². The van der Waals surface area contributed by atoms with Crippen molar-refractivity contribution in [3.63, 3.8) is 0 Å². The van der Waals surface area contributed by atoms with Gasteiger partial charge in [-0.05, 0) is 34.4 Å². The van der Waals surface area contributed by atoms with Crippen LogP contribution in [0.4, 0.5) is 4.79 Å². The van der Waals surface area contributed by atoms with Gasteiger partial charge >= 0.3 is 18.0 Å². The first-order valence-corrected chi connectivity index (χ1v) is 10.8. The summed E-state index contributed by atoms with van der Waals surface area (Å²) in [5.41, 5.74) is 8.99. The molecule has 35 heavy (non-hydrogen) atoms. The van der Waals surface area contributed by atoms with Crippen LogP contribution in [0.15, 0.2) is 72.9 Å². The molecule has 0 spiro atoms. The number of hydrazine groups is 1. The number of nitrogens with one attached hydrogen (secondary N) is 3. The Balaban J connectivity index is 1.36. The molecule has 178 valence electrons. The number of hydrogen-bond donors (Lipinski definition) is 4. The molecule has 0 aliphatic heterocycles. The first-order chi connectivity index (χ1) is 16.9. The predicted molar refractivity (Wildman–Crippen MR) is 124 cm³/mol. The Labute approximate surface area is 200 Å². The highest BCUT2D eigenvalue weighted by Crippen LogP contribution is 2.44. The molecule has 10 nitrogen and oxygen atoms in total. The zero-order chi connectivity index (χ0) is 24.8. The minimum absolute atomic E-state index is 0.0445. The number of amides is 3. The van der Waals surface area contributed by atoms with Crippen LogP contribution in [0.3, 0.4) is 0 Å². The molecular formula is C25H22N4O6. The fourth-order valence-corrected chi connectivity index (χ4v) is 3.99. The zero-order valence-electron chi connectivity index (χ0n) is 18.4. The first kappa shape index (κ1) is 23.4. The maximum absolute atomic E-state index is 12.6. The number of carbonyl (C=O) groups excluding carboxylic acids is 3. The van der Waals surface area contributed by atoms with Crippen molar-refractivity contribution in [3.8, 4) is 11.1 Å². The van der Waals surface area contributed by atoms with Crippen molar-refractivity contribution in [2.45, 2.75) is 18.4 Å². The number of fused-ring (bicyclic) bond motifs is 3. The third-order valence-electron chi connectivity index (χ3n) is 5.59. The van der Waals surface area contributed by atoms with Gasteiger partial charge in [0.25, 0.3) is 5.91 Å². The Morgan fingerprint density at radius 1 is 0.886 bits per heavy atom. The van der Waals surface area contributed by atoms with Crippen LogP contribution in [0, 0.1) is 0 Å². The molecule has 4 rings (SSSR count). The van der Waals surface area contributed by atoms with E-state index in [0.29, 0.717) is 5.69 Å². The van der Waals surface area contributed by atoms with Gasteiger partial charge < -0.3 is 15.2 Å². The van der Waals surface area contributed by atoms with Gasteiger partial charge in [-0.25, -0.2) is 15.0 Å². The molecule has 0 bridgehead atoms. The average molecular weight is 474 g/mol. The summed E-state index contributed by atoms with van der Waals surface area (Å²) in [5.74, 6) is -4.09. The highest BCUT2D eigenvalue weighted by atomic mass is 16.6. The van der Waals surface area contributed by atoms with E-state index in [1.807, 2.05) is 48.5 Å². The van der Waals surface area contributed by atoms with E-state index in [-0.39, 0.29) is 18.9 Å². The maximum Gasteiger partial charge on any atom is 0.426 e. The quantitative estimate of drug-likeness (QED) is 0.314. The van der Waals surface area contributed by atoms with Crippen molar-refractivity contribution < 1.29 is 29.0 Å². The molecule has 4 N–H and O–H groups in total. The van der Waals surface area contributed by atoms with Crippen LogP contribution in [0.1, 0.15) is 22.7 Å². The highest BCUT2D eigenvalue weighted by molar-refractivity contribution is 6.32. The standard InChI is InChI=1S/C25H22N4O6/c30-22(21(27-23(31)24(32)33)13-15-7-5-6-12-26-15)28-29-25(34)35-14-20-18-10-3-1-8-16(18)17-9-2-4-11-19(17)20/h1-12,20-21H,13-14H2,(H,27,31)(H,28,30)(H,29,34)(H,32,33). The molecule has 0 saturated carbocycles. The first-order valence-electron chi connectivity index (χ1n) is 10.8. The Morgan fingerprint density at radius 2 is 1.51 bits per heavy atom. The van der Waals surface area contributed by atoms with Gasteiger partial charge in [0.15, 0.2) is 0 Å². The molecule has 1 aliphatic carbocycles. The molecule has 0 radical (unpaired) electrons. The number of pyridine rings is 1. The third-order valence-corrected chi connectivity index (χ3v) is 5.59. The van der Waals surface area contributed by atoms with Crippen molar-refractivity contribution in [2.24, 2.45) is 0 Å². The lowest BCUT2D eigenvalue weighted by Crippen LogP contribution is -2.54. The minimum atomic E-state index is -1.74. The SMILES string of the molecule is O=C(NNC(=O)C(Cc1ccccn1)NC(=O)C(=O)O)OCC1c2ccccc2-c2ccccc21. The zero-order valence-corrected chi connectivity index (χ0v) is 18.4. The number of aliphatic carboxylic acids is 1. The second-order valence-electron chi connectivity index (χ2n) is 7.80. The fourth-order valence-electron chi connectivity index (χ4n) is 3.99. The van der Waals surface area contributed by atoms with Crippen LogP contribution in [0.2, 0.25) is 0 Å². The number of carboxylic acid groups (broad SMARTS) is 1. The second-order valence-corrected chi connectivity index (χ2v) is 7.80. The van der Waals surface area contributed by atoms with E-state index in [9.17, 15) is 19.2 Å². The van der Waals surface area contributed by atoms with E-state index in [0.717, 1.165) is 22.3 Å². The maximum atomic E-state index is 12.6. The van der Waals surface area contributed by atoms with Crippen molar-refractivity contribution in [3.05, 3.63) is 89.7 Å². The van der Waals surface area contributed by atoms with Gasteiger partial charge in [-0.3, -0.25) is 20.0 Å². The minimum Gasteiger partial charge on any atom is -0.474 e. The molecule has 1 heterocycles. The summed E-state index contributed by atoms with van der Waals surface area (Å²) >= 11 is 0. The Kier molecular flexibility index (Phi) is 7.01. The average Bonchev–Trinajstić information content (AvgIpc) is 3.19. The molecule has 3 amide bonds. The summed E-state index contributed by atoms with van der Waals surface area (Å²) in [4.78, 5) is 51.5. The summed E-state index contributed by atoms with van der Waals surface area (Å²) in [6, 6.07) is 19.4. The third kappa shape index (κ3) is 5.44. The molecule has 3 aromatic rings. The lowest BCUT2D eigenvalue weighted by Gasteiger charge is -2.18. The predicted octanol–water partition coefficient (Wildman–Crippen LogP) is 1.76. The molecule has 2 aromatic carbocycles. The van der Waals surface area contributed by atoms with Crippen LogP contribution in [0.25, 0.3) is 11.1 Å². The molecule has 10 heteroatoms. The number of aromatic nitrogens is 1. The van der Waals surface area contributed by atoms with Gasteiger partial charge in [-0.15, -0.1) is 0 Å². The molecule has 1 atom stereocenters. The molecular weight excluding hydrogens is 452 g/mol. The normalized spacial score (nSPS) is 12.6. The lowest BCUT2D eigenvalue weighted by molar-refractivity contribution is -0.151. The topological polar surface area (TPSA) is 147 Å². The van der Waals surface area contributed by atoms with Crippen molar-refractivity contribution in [2.75, 3.05) is 6.61 Å². The van der Waals surface area contributed by atoms with Crippen LogP contribution in [-0.4, -0.2) is 46.6 Å². The summed E-state index contributed by atoms with van der Waals surface area (Å²) in [7, 11) is 0. The van der Waals surface area contributed by atoms with Gasteiger partial charge in [0.1, 0.15) is 12.6 Å². The number of carbonyl (C=O) groups is 4. The van der Waals surface area contributed by atoms with Gasteiger partial charge in [-0.1, -0.05) is 54.6 Å². The van der Waals surface area contributed by atoms with Crippen molar-refractivity contribution in [1.29, 1.82) is 0 Å². The van der Waals surface area contributed by atoms with E-state index in [1.165, 1.54) is 6.20 Å². The molecule has 0 fully saturated rings. The van der Waals surface area contributed by atoms with Gasteiger partial charge in [0, 0.05) is 24.2 Å². The van der Waals surface area contributed by atoms with E-state index >= 15 is 0 Å². The van der Waals surface area contributed by atoms with Crippen LogP contribution >= 0.6 is 0 Å². The molecule has 1 unspecified atom stereocenters. The van der Waals surface area contributed by atoms with E-state index in [2.05, 4.69) is 21.2 Å². The summed E-state index contributed by atoms with van der Waals surface area (Å²) < 4.78 is 5.35. The number of rotatable bonds is 6. The van der Waals surface area contributed by atoms with Gasteiger partial charge in [-0.2, -0.15) is 0 Å². The molecule has 1 aliphatic rings. The lowest BCUT2D eigenvalue weighted by atomic mass is 9.98. The monoisotopic (exact) mass is 474 g/mol. The van der Waals surface area contributed by atoms with Crippen molar-refractivity contribution >= 4 is 23.9 Å². The number of nitrogens with zero attached hydrogens (tertiary/aromatic N) is 1. The van der Waals surface area contributed by atoms with Crippen LogP contribution in [-0.2, 0) is 25.5 Å². The number of benzene rings is 2. The van der Waals surface area contributed by atoms with Crippen LogP contribution in [0.5, 0.6) is 0 Å². The van der Waals surface area contributed by atoms with Gasteiger partial charge in [0.05, 0.1) is 0 Å². The number of hydrogen-bond acceptors (Lipinski definition) is 6. The Morgan fingerprint density at radius 3 is 2.11 bits per heavy atom. The second kappa shape index (κ2) is 10.5. The Hall–Kier alpha value is -4.73. The van der Waals surface area contributed by atoms with Crippen molar-refractivity contribution in [1.82, 2.24) is 21.2 Å². The largest absolute Gasteiger partial charge is 0.474 e. The summed E-state index contributed by atoms with van der Waals surface area (Å²) in [5, 5.41) is 11.0. The summed E-state index contributed by atoms with van der Waals surface area (Å²) in [6.45, 7) is 0.0445. The highest BCUT2D eigenvalue weighted by Gasteiger charge is 2.29.